The summed E-state index contributed by atoms with van der Waals surface area (Å²) >= 11 is 0. The monoisotopic (exact) mass is 298 g/mol. The van der Waals surface area contributed by atoms with Crippen molar-refractivity contribution in [2.75, 3.05) is 53.6 Å². The predicted molar refractivity (Wildman–Crippen MR) is 77.8 cm³/mol. The van der Waals surface area contributed by atoms with Crippen molar-refractivity contribution in [3.63, 3.8) is 0 Å². The van der Waals surface area contributed by atoms with Crippen molar-refractivity contribution in [3.05, 3.63) is 0 Å². The van der Waals surface area contributed by atoms with E-state index in [2.05, 4.69) is 0 Å². The Hall–Kier alpha value is -1.14. The highest BCUT2D eigenvalue weighted by Crippen LogP contribution is 2.41. The first-order chi connectivity index (χ1) is 10.1. The SMILES string of the molecule is COCCN1CCC2(CCCN(C(=O)COC)CC2)C1=O. The third-order valence-corrected chi connectivity index (χ3v) is 4.73. The van der Waals surface area contributed by atoms with E-state index < -0.39 is 0 Å². The van der Waals surface area contributed by atoms with Crippen LogP contribution in [-0.4, -0.2) is 75.2 Å². The van der Waals surface area contributed by atoms with E-state index in [0.717, 1.165) is 38.8 Å². The molecule has 6 nitrogen and oxygen atoms in total. The van der Waals surface area contributed by atoms with Gasteiger partial charge in [-0.3, -0.25) is 9.59 Å². The van der Waals surface area contributed by atoms with Crippen LogP contribution in [0.3, 0.4) is 0 Å². The van der Waals surface area contributed by atoms with Gasteiger partial charge in [0.1, 0.15) is 6.61 Å². The zero-order chi connectivity index (χ0) is 15.3. The molecule has 2 amide bonds. The summed E-state index contributed by atoms with van der Waals surface area (Å²) in [5, 5.41) is 0. The Morgan fingerprint density at radius 1 is 1.14 bits per heavy atom. The zero-order valence-electron chi connectivity index (χ0n) is 13.1. The second kappa shape index (κ2) is 7.22. The molecule has 2 fully saturated rings. The number of methoxy groups -OCH3 is 2. The molecule has 0 aromatic rings. The van der Waals surface area contributed by atoms with Crippen LogP contribution in [0.15, 0.2) is 0 Å². The van der Waals surface area contributed by atoms with Crippen molar-refractivity contribution in [2.45, 2.75) is 25.7 Å². The predicted octanol–water partition coefficient (Wildman–Crippen LogP) is 0.510. The molecule has 0 bridgehead atoms. The van der Waals surface area contributed by atoms with Crippen LogP contribution in [-0.2, 0) is 19.1 Å². The number of nitrogens with zero attached hydrogens (tertiary/aromatic N) is 2. The first-order valence-corrected chi connectivity index (χ1v) is 7.68. The van der Waals surface area contributed by atoms with Gasteiger partial charge in [-0.2, -0.15) is 0 Å². The van der Waals surface area contributed by atoms with Gasteiger partial charge in [0.05, 0.1) is 12.0 Å². The smallest absolute Gasteiger partial charge is 0.248 e. The van der Waals surface area contributed by atoms with E-state index >= 15 is 0 Å². The van der Waals surface area contributed by atoms with Crippen LogP contribution >= 0.6 is 0 Å². The Kier molecular flexibility index (Phi) is 5.58. The molecule has 2 rings (SSSR count). The average Bonchev–Trinajstić information content (AvgIpc) is 2.66. The molecule has 2 saturated heterocycles. The largest absolute Gasteiger partial charge is 0.383 e. The highest BCUT2D eigenvalue weighted by atomic mass is 16.5. The van der Waals surface area contributed by atoms with Crippen molar-refractivity contribution in [1.82, 2.24) is 9.80 Å². The van der Waals surface area contributed by atoms with E-state index in [1.807, 2.05) is 9.80 Å². The normalized spacial score (nSPS) is 26.5. The summed E-state index contributed by atoms with van der Waals surface area (Å²) in [5.74, 6) is 0.275. The molecule has 0 aromatic heterocycles. The van der Waals surface area contributed by atoms with Gasteiger partial charge in [-0.05, 0) is 25.7 Å². The lowest BCUT2D eigenvalue weighted by atomic mass is 9.79. The van der Waals surface area contributed by atoms with Crippen LogP contribution in [0.5, 0.6) is 0 Å². The van der Waals surface area contributed by atoms with Crippen molar-refractivity contribution in [3.8, 4) is 0 Å². The fraction of sp³-hybridized carbons (Fsp3) is 0.867. The highest BCUT2D eigenvalue weighted by Gasteiger charge is 2.46. The molecule has 0 aliphatic carbocycles. The summed E-state index contributed by atoms with van der Waals surface area (Å²) in [5.41, 5.74) is -0.254. The minimum atomic E-state index is -0.254. The molecular weight excluding hydrogens is 272 g/mol. The quantitative estimate of drug-likeness (QED) is 0.742. The van der Waals surface area contributed by atoms with Crippen LogP contribution in [0.2, 0.25) is 0 Å². The van der Waals surface area contributed by atoms with Gasteiger partial charge < -0.3 is 19.3 Å². The van der Waals surface area contributed by atoms with Crippen molar-refractivity contribution in [1.29, 1.82) is 0 Å². The maximum absolute atomic E-state index is 12.7. The first kappa shape index (κ1) is 16.2. The lowest BCUT2D eigenvalue weighted by Crippen LogP contribution is -2.38. The second-order valence-electron chi connectivity index (χ2n) is 5.98. The zero-order valence-corrected chi connectivity index (χ0v) is 13.1. The minimum absolute atomic E-state index is 0.0243. The van der Waals surface area contributed by atoms with Gasteiger partial charge in [0.15, 0.2) is 0 Å². The third-order valence-electron chi connectivity index (χ3n) is 4.73. The number of carbonyl (C=O) groups is 2. The molecular formula is C15H26N2O4. The summed E-state index contributed by atoms with van der Waals surface area (Å²) in [7, 11) is 3.19. The number of likely N-dealkylation sites (tertiary alicyclic amines) is 2. The summed E-state index contributed by atoms with van der Waals surface area (Å²) < 4.78 is 9.98. The van der Waals surface area contributed by atoms with E-state index in [4.69, 9.17) is 9.47 Å². The number of amides is 2. The fourth-order valence-electron chi connectivity index (χ4n) is 3.43. The molecule has 6 heteroatoms. The minimum Gasteiger partial charge on any atom is -0.383 e. The van der Waals surface area contributed by atoms with E-state index in [-0.39, 0.29) is 23.8 Å². The molecule has 0 radical (unpaired) electrons. The van der Waals surface area contributed by atoms with E-state index in [0.29, 0.717) is 19.7 Å². The van der Waals surface area contributed by atoms with Crippen LogP contribution in [0.4, 0.5) is 0 Å². The molecule has 0 N–H and O–H groups in total. The molecule has 1 unspecified atom stereocenters. The summed E-state index contributed by atoms with van der Waals surface area (Å²) in [4.78, 5) is 28.4. The molecule has 21 heavy (non-hydrogen) atoms. The van der Waals surface area contributed by atoms with Crippen LogP contribution in [0.1, 0.15) is 25.7 Å². The molecule has 0 saturated carbocycles. The molecule has 1 spiro atoms. The van der Waals surface area contributed by atoms with E-state index in [9.17, 15) is 9.59 Å². The van der Waals surface area contributed by atoms with Gasteiger partial charge in [-0.1, -0.05) is 0 Å². The van der Waals surface area contributed by atoms with Crippen molar-refractivity contribution < 1.29 is 19.1 Å². The first-order valence-electron chi connectivity index (χ1n) is 7.68. The summed E-state index contributed by atoms with van der Waals surface area (Å²) in [6.45, 7) is 3.58. The highest BCUT2D eigenvalue weighted by molar-refractivity contribution is 5.85. The van der Waals surface area contributed by atoms with Gasteiger partial charge in [0.25, 0.3) is 0 Å². The van der Waals surface area contributed by atoms with Gasteiger partial charge in [0.2, 0.25) is 11.8 Å². The molecule has 120 valence electrons. The van der Waals surface area contributed by atoms with Gasteiger partial charge in [-0.25, -0.2) is 0 Å². The number of hydrogen-bond donors (Lipinski definition) is 0. The summed E-state index contributed by atoms with van der Waals surface area (Å²) in [6, 6.07) is 0. The summed E-state index contributed by atoms with van der Waals surface area (Å²) in [6.07, 6.45) is 3.44. The number of carbonyl (C=O) groups excluding carboxylic acids is 2. The van der Waals surface area contributed by atoms with E-state index in [1.54, 1.807) is 7.11 Å². The molecule has 2 aliphatic heterocycles. The maximum Gasteiger partial charge on any atom is 0.248 e. The average molecular weight is 298 g/mol. The topological polar surface area (TPSA) is 59.1 Å². The Morgan fingerprint density at radius 3 is 2.62 bits per heavy atom. The van der Waals surface area contributed by atoms with Gasteiger partial charge in [0, 0.05) is 40.4 Å². The Morgan fingerprint density at radius 2 is 1.90 bits per heavy atom. The maximum atomic E-state index is 12.7. The standard InChI is InChI=1S/C15H26N2O4/c1-20-11-10-17-9-6-15(14(17)19)4-3-7-16(8-5-15)13(18)12-21-2/h3-12H2,1-2H3. The third kappa shape index (κ3) is 3.55. The second-order valence-corrected chi connectivity index (χ2v) is 5.98. The number of hydrogen-bond acceptors (Lipinski definition) is 4. The molecule has 2 heterocycles. The molecule has 1 atom stereocenters. The Balaban J connectivity index is 1.96. The number of rotatable bonds is 5. The lowest BCUT2D eigenvalue weighted by Gasteiger charge is -2.26. The Labute approximate surface area is 126 Å². The van der Waals surface area contributed by atoms with Gasteiger partial charge >= 0.3 is 0 Å². The van der Waals surface area contributed by atoms with E-state index in [1.165, 1.54) is 7.11 Å². The van der Waals surface area contributed by atoms with Crippen LogP contribution in [0.25, 0.3) is 0 Å². The Bertz CT molecular complexity index is 388. The van der Waals surface area contributed by atoms with Crippen molar-refractivity contribution >= 4 is 11.8 Å². The molecule has 0 aromatic carbocycles. The fourth-order valence-corrected chi connectivity index (χ4v) is 3.43. The van der Waals surface area contributed by atoms with Crippen LogP contribution in [0, 0.1) is 5.41 Å². The van der Waals surface area contributed by atoms with Gasteiger partial charge in [-0.15, -0.1) is 0 Å². The molecule has 2 aliphatic rings. The van der Waals surface area contributed by atoms with Crippen LogP contribution < -0.4 is 0 Å². The lowest BCUT2D eigenvalue weighted by molar-refractivity contribution is -0.138. The number of ether oxygens (including phenoxy) is 2. The van der Waals surface area contributed by atoms with Crippen molar-refractivity contribution in [2.24, 2.45) is 5.41 Å².